The van der Waals surface area contributed by atoms with Crippen LogP contribution in [0.4, 0.5) is 4.39 Å². The summed E-state index contributed by atoms with van der Waals surface area (Å²) < 4.78 is 43.3. The number of methoxy groups -OCH3 is 1. The summed E-state index contributed by atoms with van der Waals surface area (Å²) >= 11 is 0. The number of sulfonamides is 1. The summed E-state index contributed by atoms with van der Waals surface area (Å²) in [7, 11) is -2.33. The van der Waals surface area contributed by atoms with Gasteiger partial charge in [-0.05, 0) is 24.0 Å². The SMILES string of the molecule is COC(=O)[C@H]1[C@@H]2CN(S(=O)(=O)c3ccc(F)nc3)C[C@@H]21. The van der Waals surface area contributed by atoms with Crippen molar-refractivity contribution in [3.8, 4) is 0 Å². The zero-order valence-corrected chi connectivity index (χ0v) is 11.5. The van der Waals surface area contributed by atoms with Crippen molar-refractivity contribution in [2.45, 2.75) is 4.90 Å². The molecule has 6 nitrogen and oxygen atoms in total. The highest BCUT2D eigenvalue weighted by molar-refractivity contribution is 7.89. The third kappa shape index (κ3) is 1.99. The molecule has 2 aliphatic rings. The predicted molar refractivity (Wildman–Crippen MR) is 65.4 cm³/mol. The number of carbonyl (C=O) groups is 1. The number of hydrogen-bond acceptors (Lipinski definition) is 5. The molecule has 0 bridgehead atoms. The summed E-state index contributed by atoms with van der Waals surface area (Å²) in [6.45, 7) is 0.592. The number of aromatic nitrogens is 1. The van der Waals surface area contributed by atoms with Crippen LogP contribution in [0.1, 0.15) is 0 Å². The highest BCUT2D eigenvalue weighted by Gasteiger charge is 2.62. The highest BCUT2D eigenvalue weighted by Crippen LogP contribution is 2.53. The van der Waals surface area contributed by atoms with Crippen LogP contribution < -0.4 is 0 Å². The molecule has 20 heavy (non-hydrogen) atoms. The maximum Gasteiger partial charge on any atom is 0.309 e. The molecular formula is C12H13FN2O4S. The van der Waals surface area contributed by atoms with Gasteiger partial charge < -0.3 is 4.74 Å². The number of halogens is 1. The lowest BCUT2D eigenvalue weighted by molar-refractivity contribution is -0.143. The number of pyridine rings is 1. The van der Waals surface area contributed by atoms with E-state index < -0.39 is 16.0 Å². The average Bonchev–Trinajstić information content (AvgIpc) is 2.92. The largest absolute Gasteiger partial charge is 0.469 e. The molecule has 0 unspecified atom stereocenters. The molecule has 1 aliphatic carbocycles. The Hall–Kier alpha value is -1.54. The molecule has 2 heterocycles. The molecule has 1 saturated heterocycles. The summed E-state index contributed by atoms with van der Waals surface area (Å²) in [4.78, 5) is 14.7. The second-order valence-corrected chi connectivity index (χ2v) is 6.95. The summed E-state index contributed by atoms with van der Waals surface area (Å²) in [5.74, 6) is -1.12. The van der Waals surface area contributed by atoms with Gasteiger partial charge in [0.1, 0.15) is 4.90 Å². The van der Waals surface area contributed by atoms with Crippen LogP contribution in [0.25, 0.3) is 0 Å². The summed E-state index contributed by atoms with van der Waals surface area (Å²) in [5.41, 5.74) is 0. The topological polar surface area (TPSA) is 76.6 Å². The molecule has 1 saturated carbocycles. The minimum absolute atomic E-state index is 0.0326. The fourth-order valence-corrected chi connectivity index (χ4v) is 4.29. The van der Waals surface area contributed by atoms with E-state index in [0.29, 0.717) is 13.1 Å². The Balaban J connectivity index is 1.74. The van der Waals surface area contributed by atoms with Crippen molar-refractivity contribution in [2.24, 2.45) is 17.8 Å². The zero-order chi connectivity index (χ0) is 14.5. The molecule has 1 aromatic heterocycles. The van der Waals surface area contributed by atoms with Crippen molar-refractivity contribution in [3.63, 3.8) is 0 Å². The molecule has 1 aromatic rings. The van der Waals surface area contributed by atoms with Crippen LogP contribution in [0.2, 0.25) is 0 Å². The number of nitrogens with zero attached hydrogens (tertiary/aromatic N) is 2. The van der Waals surface area contributed by atoms with Gasteiger partial charge in [-0.1, -0.05) is 0 Å². The Bertz CT molecular complexity index is 634. The lowest BCUT2D eigenvalue weighted by Gasteiger charge is -2.18. The molecule has 0 radical (unpaired) electrons. The number of esters is 1. The molecular weight excluding hydrogens is 287 g/mol. The molecule has 2 fully saturated rings. The van der Waals surface area contributed by atoms with Crippen molar-refractivity contribution in [1.82, 2.24) is 9.29 Å². The summed E-state index contributed by atoms with van der Waals surface area (Å²) in [6.07, 6.45) is 1.01. The van der Waals surface area contributed by atoms with Gasteiger partial charge in [0.15, 0.2) is 0 Å². The van der Waals surface area contributed by atoms with Gasteiger partial charge in [0.2, 0.25) is 16.0 Å². The minimum Gasteiger partial charge on any atom is -0.469 e. The highest BCUT2D eigenvalue weighted by atomic mass is 32.2. The molecule has 8 heteroatoms. The lowest BCUT2D eigenvalue weighted by atomic mass is 10.3. The Morgan fingerprint density at radius 1 is 1.40 bits per heavy atom. The molecule has 3 rings (SSSR count). The van der Waals surface area contributed by atoms with E-state index in [0.717, 1.165) is 12.3 Å². The first-order valence-corrected chi connectivity index (χ1v) is 7.58. The van der Waals surface area contributed by atoms with Gasteiger partial charge in [-0.25, -0.2) is 13.4 Å². The number of piperidine rings is 1. The molecule has 3 atom stereocenters. The first kappa shape index (κ1) is 13.4. The second kappa shape index (κ2) is 4.49. The van der Waals surface area contributed by atoms with Crippen LogP contribution >= 0.6 is 0 Å². The van der Waals surface area contributed by atoms with Crippen LogP contribution in [0.15, 0.2) is 23.2 Å². The standard InChI is InChI=1S/C12H13FN2O4S/c1-19-12(16)11-8-5-15(6-9(8)11)20(17,18)7-2-3-10(13)14-4-7/h2-4,8-9,11H,5-6H2,1H3/t8-,9+,11+. The van der Waals surface area contributed by atoms with E-state index in [9.17, 15) is 17.6 Å². The van der Waals surface area contributed by atoms with E-state index in [4.69, 9.17) is 0 Å². The first-order valence-electron chi connectivity index (χ1n) is 6.14. The van der Waals surface area contributed by atoms with Crippen molar-refractivity contribution in [2.75, 3.05) is 20.2 Å². The van der Waals surface area contributed by atoms with Crippen LogP contribution in [0, 0.1) is 23.7 Å². The molecule has 1 aliphatic heterocycles. The third-order valence-corrected chi connectivity index (χ3v) is 5.79. The monoisotopic (exact) mass is 300 g/mol. The van der Waals surface area contributed by atoms with Crippen LogP contribution in [-0.2, 0) is 19.6 Å². The van der Waals surface area contributed by atoms with Crippen molar-refractivity contribution >= 4 is 16.0 Å². The van der Waals surface area contributed by atoms with E-state index in [-0.39, 0.29) is 28.6 Å². The maximum atomic E-state index is 12.7. The van der Waals surface area contributed by atoms with Crippen molar-refractivity contribution in [3.05, 3.63) is 24.3 Å². The van der Waals surface area contributed by atoms with Gasteiger partial charge in [0.25, 0.3) is 0 Å². The van der Waals surface area contributed by atoms with Gasteiger partial charge in [0.05, 0.1) is 19.2 Å². The van der Waals surface area contributed by atoms with Gasteiger partial charge in [-0.15, -0.1) is 0 Å². The van der Waals surface area contributed by atoms with Crippen LogP contribution in [-0.4, -0.2) is 43.9 Å². The maximum absolute atomic E-state index is 12.7. The average molecular weight is 300 g/mol. The van der Waals surface area contributed by atoms with E-state index in [1.165, 1.54) is 17.5 Å². The first-order chi connectivity index (χ1) is 9.45. The van der Waals surface area contributed by atoms with E-state index in [2.05, 4.69) is 9.72 Å². The van der Waals surface area contributed by atoms with E-state index >= 15 is 0 Å². The quantitative estimate of drug-likeness (QED) is 0.591. The fourth-order valence-electron chi connectivity index (χ4n) is 2.83. The molecule has 0 aromatic carbocycles. The van der Waals surface area contributed by atoms with E-state index in [1.54, 1.807) is 0 Å². The van der Waals surface area contributed by atoms with Gasteiger partial charge in [-0.3, -0.25) is 4.79 Å². The number of hydrogen-bond donors (Lipinski definition) is 0. The smallest absolute Gasteiger partial charge is 0.309 e. The number of ether oxygens (including phenoxy) is 1. The summed E-state index contributed by atoms with van der Waals surface area (Å²) in [6, 6.07) is 2.21. The van der Waals surface area contributed by atoms with Gasteiger partial charge >= 0.3 is 5.97 Å². The molecule has 0 spiro atoms. The fraction of sp³-hybridized carbons (Fsp3) is 0.500. The lowest BCUT2D eigenvalue weighted by Crippen LogP contribution is -2.32. The van der Waals surface area contributed by atoms with Crippen LogP contribution in [0.5, 0.6) is 0 Å². The molecule has 0 N–H and O–H groups in total. The van der Waals surface area contributed by atoms with E-state index in [1.807, 2.05) is 0 Å². The Kier molecular flexibility index (Phi) is 3.02. The normalized spacial score (nSPS) is 29.0. The second-order valence-electron chi connectivity index (χ2n) is 5.02. The Labute approximate surface area is 115 Å². The van der Waals surface area contributed by atoms with Crippen molar-refractivity contribution in [1.29, 1.82) is 0 Å². The number of fused-ring (bicyclic) bond motifs is 1. The van der Waals surface area contributed by atoms with Crippen LogP contribution in [0.3, 0.4) is 0 Å². The Morgan fingerprint density at radius 3 is 2.55 bits per heavy atom. The van der Waals surface area contributed by atoms with Gasteiger partial charge in [0, 0.05) is 13.1 Å². The number of rotatable bonds is 3. The predicted octanol–water partition coefficient (Wildman–Crippen LogP) is 0.260. The summed E-state index contributed by atoms with van der Waals surface area (Å²) in [5, 5.41) is 0. The van der Waals surface area contributed by atoms with Gasteiger partial charge in [-0.2, -0.15) is 8.70 Å². The van der Waals surface area contributed by atoms with Crippen molar-refractivity contribution < 1.29 is 22.3 Å². The minimum atomic E-state index is -3.66. The zero-order valence-electron chi connectivity index (χ0n) is 10.7. The third-order valence-electron chi connectivity index (χ3n) is 3.97. The molecule has 0 amide bonds. The molecule has 108 valence electrons. The number of carbonyl (C=O) groups excluding carboxylic acids is 1. The Morgan fingerprint density at radius 2 is 2.05 bits per heavy atom.